The Morgan fingerprint density at radius 2 is 1.68 bits per heavy atom. The first kappa shape index (κ1) is 24.8. The van der Waals surface area contributed by atoms with E-state index in [1.54, 1.807) is 0 Å². The Hall–Kier alpha value is -2.33. The maximum Gasteiger partial charge on any atom is 0.225 e. The average Bonchev–Trinajstić information content (AvgIpc) is 2.88. The van der Waals surface area contributed by atoms with Crippen LogP contribution in [0.1, 0.15) is 64.4 Å². The number of hydrogen-bond acceptors (Lipinski definition) is 3. The van der Waals surface area contributed by atoms with E-state index in [1.165, 1.54) is 24.8 Å². The van der Waals surface area contributed by atoms with Crippen LogP contribution in [0.5, 0.6) is 11.5 Å². The Balaban J connectivity index is 1.26. The van der Waals surface area contributed by atoms with Crippen molar-refractivity contribution in [3.63, 3.8) is 0 Å². The summed E-state index contributed by atoms with van der Waals surface area (Å²) >= 11 is 0. The molecule has 1 saturated carbocycles. The number of hydrogen-bond donors (Lipinski definition) is 0. The minimum absolute atomic E-state index is 0.305. The van der Waals surface area contributed by atoms with Gasteiger partial charge in [-0.1, -0.05) is 56.5 Å². The molecular formula is C30H42N2O2. The molecule has 2 aromatic rings. The van der Waals surface area contributed by atoms with Crippen molar-refractivity contribution in [2.24, 2.45) is 11.8 Å². The summed E-state index contributed by atoms with van der Waals surface area (Å²) < 4.78 is 6.04. The van der Waals surface area contributed by atoms with Gasteiger partial charge < -0.3 is 14.5 Å². The van der Waals surface area contributed by atoms with Crippen molar-refractivity contribution in [3.05, 3.63) is 60.2 Å². The zero-order valence-electron chi connectivity index (χ0n) is 21.1. The minimum atomic E-state index is 0.305. The molecule has 0 spiro atoms. The fourth-order valence-corrected chi connectivity index (χ4v) is 5.73. The molecule has 1 saturated heterocycles. The van der Waals surface area contributed by atoms with E-state index in [9.17, 15) is 4.79 Å². The number of piperidine rings is 1. The Morgan fingerprint density at radius 3 is 2.38 bits per heavy atom. The van der Waals surface area contributed by atoms with Crippen LogP contribution in [0.3, 0.4) is 0 Å². The summed E-state index contributed by atoms with van der Waals surface area (Å²) in [4.78, 5) is 17.7. The van der Waals surface area contributed by atoms with Gasteiger partial charge in [0.1, 0.15) is 11.5 Å². The molecule has 0 N–H and O–H groups in total. The van der Waals surface area contributed by atoms with Crippen molar-refractivity contribution in [3.8, 4) is 11.5 Å². The number of ether oxygens (including phenoxy) is 1. The number of para-hydroxylation sites is 1. The van der Waals surface area contributed by atoms with Crippen LogP contribution in [0, 0.1) is 11.8 Å². The standard InChI is InChI=1S/C30H42N2O2/c1-3-31(23-25-17-19-32(20-18-25)30(33)27-12-6-4-7-13-27)24(2)21-26-11-10-16-29(22-26)34-28-14-8-5-9-15-28/h5,8-11,14-16,22,24-25,27H,3-4,6-7,12-13,17-21,23H2,1-2H3. The monoisotopic (exact) mass is 462 g/mol. The molecule has 2 aliphatic rings. The van der Waals surface area contributed by atoms with Crippen LogP contribution in [0.25, 0.3) is 0 Å². The van der Waals surface area contributed by atoms with Gasteiger partial charge >= 0.3 is 0 Å². The van der Waals surface area contributed by atoms with E-state index in [0.29, 0.717) is 23.8 Å². The first-order chi connectivity index (χ1) is 16.6. The third-order valence-corrected chi connectivity index (χ3v) is 7.81. The van der Waals surface area contributed by atoms with Crippen molar-refractivity contribution in [1.29, 1.82) is 0 Å². The van der Waals surface area contributed by atoms with E-state index in [4.69, 9.17) is 4.74 Å². The predicted molar refractivity (Wildman–Crippen MR) is 139 cm³/mol. The number of amides is 1. The molecule has 34 heavy (non-hydrogen) atoms. The van der Waals surface area contributed by atoms with Gasteiger partial charge in [0.2, 0.25) is 5.91 Å². The zero-order chi connectivity index (χ0) is 23.8. The zero-order valence-corrected chi connectivity index (χ0v) is 21.1. The quantitative estimate of drug-likeness (QED) is 0.423. The van der Waals surface area contributed by atoms with E-state index in [0.717, 1.165) is 69.8 Å². The number of nitrogens with zero attached hydrogens (tertiary/aromatic N) is 2. The van der Waals surface area contributed by atoms with E-state index in [2.05, 4.69) is 41.8 Å². The molecule has 1 amide bonds. The number of carbonyl (C=O) groups is 1. The first-order valence-corrected chi connectivity index (χ1v) is 13.5. The summed E-state index contributed by atoms with van der Waals surface area (Å²) in [6, 6.07) is 18.9. The molecule has 0 radical (unpaired) electrons. The summed E-state index contributed by atoms with van der Waals surface area (Å²) in [6.07, 6.45) is 9.29. The molecule has 4 rings (SSSR count). The Labute approximate surface area is 206 Å². The van der Waals surface area contributed by atoms with Gasteiger partial charge in [-0.25, -0.2) is 0 Å². The molecule has 184 valence electrons. The highest BCUT2D eigenvalue weighted by Gasteiger charge is 2.30. The Bertz CT molecular complexity index is 886. The normalized spacial score (nSPS) is 18.7. The maximum atomic E-state index is 12.9. The number of carbonyl (C=O) groups excluding carboxylic acids is 1. The second-order valence-corrected chi connectivity index (χ2v) is 10.3. The average molecular weight is 463 g/mol. The predicted octanol–water partition coefficient (Wildman–Crippen LogP) is 6.55. The third-order valence-electron chi connectivity index (χ3n) is 7.81. The lowest BCUT2D eigenvalue weighted by molar-refractivity contribution is -0.138. The molecule has 2 fully saturated rings. The summed E-state index contributed by atoms with van der Waals surface area (Å²) in [5.41, 5.74) is 1.31. The van der Waals surface area contributed by atoms with E-state index in [1.807, 2.05) is 36.4 Å². The number of benzene rings is 2. The highest BCUT2D eigenvalue weighted by atomic mass is 16.5. The highest BCUT2D eigenvalue weighted by Crippen LogP contribution is 2.28. The maximum absolute atomic E-state index is 12.9. The smallest absolute Gasteiger partial charge is 0.225 e. The Morgan fingerprint density at radius 1 is 0.971 bits per heavy atom. The molecule has 1 aliphatic carbocycles. The molecule has 2 aromatic carbocycles. The summed E-state index contributed by atoms with van der Waals surface area (Å²) in [5, 5.41) is 0. The molecule has 1 heterocycles. The van der Waals surface area contributed by atoms with Gasteiger partial charge in [-0.3, -0.25) is 4.79 Å². The fraction of sp³-hybridized carbons (Fsp3) is 0.567. The van der Waals surface area contributed by atoms with Crippen LogP contribution in [0.2, 0.25) is 0 Å². The third kappa shape index (κ3) is 6.85. The number of likely N-dealkylation sites (tertiary alicyclic amines) is 1. The molecule has 0 aromatic heterocycles. The molecule has 0 bridgehead atoms. The second kappa shape index (κ2) is 12.4. The summed E-state index contributed by atoms with van der Waals surface area (Å²) in [5.74, 6) is 3.20. The molecule has 1 atom stereocenters. The molecule has 4 heteroatoms. The topological polar surface area (TPSA) is 32.8 Å². The number of likely N-dealkylation sites (N-methyl/N-ethyl adjacent to an activating group) is 1. The van der Waals surface area contributed by atoms with Crippen LogP contribution in [0.4, 0.5) is 0 Å². The molecule has 1 unspecified atom stereocenters. The van der Waals surface area contributed by atoms with Gasteiger partial charge in [0.15, 0.2) is 0 Å². The molecular weight excluding hydrogens is 420 g/mol. The summed E-state index contributed by atoms with van der Waals surface area (Å²) in [6.45, 7) is 8.70. The van der Waals surface area contributed by atoms with Crippen molar-refractivity contribution in [2.75, 3.05) is 26.2 Å². The van der Waals surface area contributed by atoms with E-state index < -0.39 is 0 Å². The lowest BCUT2D eigenvalue weighted by Crippen LogP contribution is -2.45. The van der Waals surface area contributed by atoms with Crippen molar-refractivity contribution < 1.29 is 9.53 Å². The van der Waals surface area contributed by atoms with E-state index in [-0.39, 0.29) is 0 Å². The van der Waals surface area contributed by atoms with Gasteiger partial charge in [0.25, 0.3) is 0 Å². The second-order valence-electron chi connectivity index (χ2n) is 10.3. The van der Waals surface area contributed by atoms with Gasteiger partial charge in [0.05, 0.1) is 0 Å². The van der Waals surface area contributed by atoms with Gasteiger partial charge in [0, 0.05) is 31.6 Å². The largest absolute Gasteiger partial charge is 0.457 e. The summed E-state index contributed by atoms with van der Waals surface area (Å²) in [7, 11) is 0. The number of rotatable bonds is 9. The SMILES string of the molecule is CCN(CC1CCN(C(=O)C2CCCCC2)CC1)C(C)Cc1cccc(Oc2ccccc2)c1. The molecule has 1 aliphatic heterocycles. The van der Waals surface area contributed by atoms with Crippen LogP contribution in [-0.4, -0.2) is 47.9 Å². The van der Waals surface area contributed by atoms with Crippen molar-refractivity contribution >= 4 is 5.91 Å². The van der Waals surface area contributed by atoms with Crippen LogP contribution < -0.4 is 4.74 Å². The van der Waals surface area contributed by atoms with Gasteiger partial charge in [-0.05, 0) is 81.3 Å². The first-order valence-electron chi connectivity index (χ1n) is 13.5. The van der Waals surface area contributed by atoms with Crippen LogP contribution in [-0.2, 0) is 11.2 Å². The van der Waals surface area contributed by atoms with Gasteiger partial charge in [-0.2, -0.15) is 0 Å². The van der Waals surface area contributed by atoms with Gasteiger partial charge in [-0.15, -0.1) is 0 Å². The highest BCUT2D eigenvalue weighted by molar-refractivity contribution is 5.79. The lowest BCUT2D eigenvalue weighted by Gasteiger charge is -2.38. The van der Waals surface area contributed by atoms with Crippen molar-refractivity contribution in [1.82, 2.24) is 9.80 Å². The minimum Gasteiger partial charge on any atom is -0.457 e. The fourth-order valence-electron chi connectivity index (χ4n) is 5.73. The lowest BCUT2D eigenvalue weighted by atomic mass is 9.87. The van der Waals surface area contributed by atoms with E-state index >= 15 is 0 Å². The molecule has 4 nitrogen and oxygen atoms in total. The van der Waals surface area contributed by atoms with Crippen molar-refractivity contribution in [2.45, 2.75) is 71.3 Å². The van der Waals surface area contributed by atoms with Crippen LogP contribution in [0.15, 0.2) is 54.6 Å². The van der Waals surface area contributed by atoms with Crippen LogP contribution >= 0.6 is 0 Å². The Kier molecular flexibility index (Phi) is 9.04.